The van der Waals surface area contributed by atoms with Gasteiger partial charge in [0.1, 0.15) is 0 Å². The summed E-state index contributed by atoms with van der Waals surface area (Å²) in [6.07, 6.45) is 0. The molecular weight excluding hydrogens is 167 g/mol. The molecule has 1 rings (SSSR count). The predicted octanol–water partition coefficient (Wildman–Crippen LogP) is 2.06. The average Bonchev–Trinajstić information content (AvgIpc) is 2.36. The van der Waals surface area contributed by atoms with E-state index in [1.54, 1.807) is 6.92 Å². The van der Waals surface area contributed by atoms with E-state index in [-0.39, 0.29) is 10.7 Å². The monoisotopic (exact) mass is 174 g/mol. The van der Waals surface area contributed by atoms with Gasteiger partial charge in [-0.1, -0.05) is 0 Å². The Morgan fingerprint density at radius 2 is 2.55 bits per heavy atom. The molecule has 0 bridgehead atoms. The highest BCUT2D eigenvalue weighted by Gasteiger charge is 2.08. The summed E-state index contributed by atoms with van der Waals surface area (Å²) in [5, 5.41) is 1.07. The van der Waals surface area contributed by atoms with E-state index in [0.717, 1.165) is 11.3 Å². The number of halogens is 1. The van der Waals surface area contributed by atoms with Crippen molar-refractivity contribution in [1.82, 2.24) is 0 Å². The highest BCUT2D eigenvalue weighted by Crippen LogP contribution is 2.12. The summed E-state index contributed by atoms with van der Waals surface area (Å²) in [7, 11) is 0. The minimum absolute atomic E-state index is 0.286. The lowest BCUT2D eigenvalue weighted by Crippen LogP contribution is -2.02. The Morgan fingerprint density at radius 3 is 3.00 bits per heavy atom. The second-order valence-corrected chi connectivity index (χ2v) is 2.72. The van der Waals surface area contributed by atoms with Crippen molar-refractivity contribution >= 4 is 17.3 Å². The van der Waals surface area contributed by atoms with E-state index in [1.807, 2.05) is 0 Å². The predicted molar refractivity (Wildman–Crippen MR) is 40.2 cm³/mol. The van der Waals surface area contributed by atoms with Gasteiger partial charge in [0.05, 0.1) is 12.2 Å². The van der Waals surface area contributed by atoms with Crippen LogP contribution >= 0.6 is 11.3 Å². The molecule has 1 heterocycles. The SMILES string of the molecule is CCOC(=O)c1csc(F)c1. The quantitative estimate of drug-likeness (QED) is 0.641. The van der Waals surface area contributed by atoms with Crippen LogP contribution in [-0.2, 0) is 4.74 Å². The molecule has 0 N–H and O–H groups in total. The zero-order valence-corrected chi connectivity index (χ0v) is 6.78. The minimum atomic E-state index is -0.465. The number of ether oxygens (including phenoxy) is 1. The Kier molecular flexibility index (Phi) is 2.59. The topological polar surface area (TPSA) is 26.3 Å². The lowest BCUT2D eigenvalue weighted by atomic mass is 10.3. The molecular formula is C7H7FO2S. The summed E-state index contributed by atoms with van der Waals surface area (Å²) >= 11 is 0.891. The summed E-state index contributed by atoms with van der Waals surface area (Å²) in [5.74, 6) is -0.465. The van der Waals surface area contributed by atoms with Crippen LogP contribution in [0.25, 0.3) is 0 Å². The molecule has 0 saturated carbocycles. The number of carbonyl (C=O) groups excluding carboxylic acids is 1. The molecule has 0 fully saturated rings. The van der Waals surface area contributed by atoms with Gasteiger partial charge in [0.25, 0.3) is 0 Å². The van der Waals surface area contributed by atoms with Crippen LogP contribution < -0.4 is 0 Å². The molecule has 0 aromatic carbocycles. The second-order valence-electron chi connectivity index (χ2n) is 1.86. The van der Waals surface area contributed by atoms with Gasteiger partial charge < -0.3 is 4.74 Å². The number of carbonyl (C=O) groups is 1. The number of hydrogen-bond acceptors (Lipinski definition) is 3. The molecule has 11 heavy (non-hydrogen) atoms. The van der Waals surface area contributed by atoms with Crippen LogP contribution in [0.1, 0.15) is 17.3 Å². The summed E-state index contributed by atoms with van der Waals surface area (Å²) < 4.78 is 17.0. The van der Waals surface area contributed by atoms with Crippen molar-refractivity contribution in [2.24, 2.45) is 0 Å². The van der Waals surface area contributed by atoms with Crippen molar-refractivity contribution in [1.29, 1.82) is 0 Å². The Morgan fingerprint density at radius 1 is 1.82 bits per heavy atom. The zero-order chi connectivity index (χ0) is 8.27. The summed E-state index contributed by atoms with van der Waals surface area (Å²) in [5.41, 5.74) is 0.286. The molecule has 0 amide bonds. The van der Waals surface area contributed by atoms with Crippen LogP contribution in [0.15, 0.2) is 11.4 Å². The first kappa shape index (κ1) is 8.20. The summed E-state index contributed by atoms with van der Waals surface area (Å²) in [4.78, 5) is 10.9. The van der Waals surface area contributed by atoms with E-state index < -0.39 is 5.97 Å². The highest BCUT2D eigenvalue weighted by molar-refractivity contribution is 7.08. The van der Waals surface area contributed by atoms with Crippen LogP contribution in [0.5, 0.6) is 0 Å². The Bertz CT molecular complexity index is 257. The normalized spacial score (nSPS) is 9.64. The van der Waals surface area contributed by atoms with Crippen molar-refractivity contribution in [3.63, 3.8) is 0 Å². The first-order valence-electron chi connectivity index (χ1n) is 3.15. The fraction of sp³-hybridized carbons (Fsp3) is 0.286. The van der Waals surface area contributed by atoms with E-state index in [2.05, 4.69) is 4.74 Å². The van der Waals surface area contributed by atoms with Crippen molar-refractivity contribution < 1.29 is 13.9 Å². The fourth-order valence-electron chi connectivity index (χ4n) is 0.632. The molecule has 0 aliphatic heterocycles. The summed E-state index contributed by atoms with van der Waals surface area (Å²) in [6, 6.07) is 1.17. The van der Waals surface area contributed by atoms with E-state index in [4.69, 9.17) is 0 Å². The third-order valence-electron chi connectivity index (χ3n) is 1.08. The zero-order valence-electron chi connectivity index (χ0n) is 5.96. The Balaban J connectivity index is 2.69. The van der Waals surface area contributed by atoms with Crippen molar-refractivity contribution in [2.45, 2.75) is 6.92 Å². The van der Waals surface area contributed by atoms with Gasteiger partial charge in [0.15, 0.2) is 5.13 Å². The lowest BCUT2D eigenvalue weighted by Gasteiger charge is -1.95. The highest BCUT2D eigenvalue weighted by atomic mass is 32.1. The molecule has 1 aromatic heterocycles. The molecule has 1 aromatic rings. The molecule has 0 spiro atoms. The first-order chi connectivity index (χ1) is 5.24. The van der Waals surface area contributed by atoms with Gasteiger partial charge >= 0.3 is 5.97 Å². The van der Waals surface area contributed by atoms with E-state index in [0.29, 0.717) is 6.61 Å². The van der Waals surface area contributed by atoms with Crippen molar-refractivity contribution in [3.8, 4) is 0 Å². The van der Waals surface area contributed by atoms with Gasteiger partial charge in [-0.25, -0.2) is 4.79 Å². The number of thiophene rings is 1. The molecule has 0 aliphatic carbocycles. The molecule has 0 saturated heterocycles. The average molecular weight is 174 g/mol. The Labute approximate surface area is 67.6 Å². The van der Waals surface area contributed by atoms with Gasteiger partial charge in [-0.3, -0.25) is 0 Å². The molecule has 0 atom stereocenters. The largest absolute Gasteiger partial charge is 0.462 e. The van der Waals surface area contributed by atoms with E-state index >= 15 is 0 Å². The molecule has 2 nitrogen and oxygen atoms in total. The van der Waals surface area contributed by atoms with Gasteiger partial charge in [-0.15, -0.1) is 11.3 Å². The summed E-state index contributed by atoms with van der Waals surface area (Å²) in [6.45, 7) is 2.02. The van der Waals surface area contributed by atoms with Crippen molar-refractivity contribution in [2.75, 3.05) is 6.61 Å². The number of esters is 1. The maximum absolute atomic E-state index is 12.3. The minimum Gasteiger partial charge on any atom is -0.462 e. The van der Waals surface area contributed by atoms with Crippen LogP contribution in [0, 0.1) is 5.13 Å². The molecule has 60 valence electrons. The van der Waals surface area contributed by atoms with Gasteiger partial charge in [-0.05, 0) is 13.0 Å². The third kappa shape index (κ3) is 2.01. The number of hydrogen-bond donors (Lipinski definition) is 0. The molecule has 4 heteroatoms. The van der Waals surface area contributed by atoms with Crippen LogP contribution in [0.3, 0.4) is 0 Å². The Hall–Kier alpha value is -0.900. The van der Waals surface area contributed by atoms with E-state index in [9.17, 15) is 9.18 Å². The first-order valence-corrected chi connectivity index (χ1v) is 4.03. The fourth-order valence-corrected chi connectivity index (χ4v) is 1.23. The van der Waals surface area contributed by atoms with Crippen molar-refractivity contribution in [3.05, 3.63) is 22.1 Å². The maximum Gasteiger partial charge on any atom is 0.339 e. The smallest absolute Gasteiger partial charge is 0.339 e. The second kappa shape index (κ2) is 3.48. The standard InChI is InChI=1S/C7H7FO2S/c1-2-10-7(9)5-3-6(8)11-4-5/h3-4H,2H2,1H3. The van der Waals surface area contributed by atoms with E-state index in [1.165, 1.54) is 11.4 Å². The maximum atomic E-state index is 12.3. The molecule has 0 aliphatic rings. The lowest BCUT2D eigenvalue weighted by molar-refractivity contribution is 0.0526. The van der Waals surface area contributed by atoms with Crippen LogP contribution in [-0.4, -0.2) is 12.6 Å². The van der Waals surface area contributed by atoms with Gasteiger partial charge in [-0.2, -0.15) is 4.39 Å². The molecule has 0 unspecified atom stereocenters. The van der Waals surface area contributed by atoms with Gasteiger partial charge in [0.2, 0.25) is 0 Å². The third-order valence-corrected chi connectivity index (χ3v) is 1.79. The molecule has 0 radical (unpaired) electrons. The van der Waals surface area contributed by atoms with Crippen LogP contribution in [0.4, 0.5) is 4.39 Å². The van der Waals surface area contributed by atoms with Gasteiger partial charge in [0, 0.05) is 5.38 Å². The number of rotatable bonds is 2. The van der Waals surface area contributed by atoms with Crippen LogP contribution in [0.2, 0.25) is 0 Å².